The SMILES string of the molecule is CC(C)CC(C[C@H]1CC(n2c(=O)[nH]c3ccccc32)CCN1C(=O)O)NCc1ccccc1. The molecule has 4 rings (SSSR count). The third kappa shape index (κ3) is 5.47. The van der Waals surface area contributed by atoms with Crippen molar-refractivity contribution in [2.75, 3.05) is 6.54 Å². The minimum atomic E-state index is -0.879. The lowest BCUT2D eigenvalue weighted by atomic mass is 9.89. The van der Waals surface area contributed by atoms with Gasteiger partial charge in [0.25, 0.3) is 0 Å². The molecule has 3 aromatic rings. The number of imidazole rings is 1. The first-order chi connectivity index (χ1) is 15.9. The Morgan fingerprint density at radius 2 is 1.88 bits per heavy atom. The van der Waals surface area contributed by atoms with Crippen LogP contribution in [0.2, 0.25) is 0 Å². The summed E-state index contributed by atoms with van der Waals surface area (Å²) in [6.45, 7) is 5.58. The van der Waals surface area contributed by atoms with Gasteiger partial charge in [-0.05, 0) is 49.3 Å². The molecular formula is C26H34N4O3. The number of hydrogen-bond acceptors (Lipinski definition) is 3. The Bertz CT molecular complexity index is 1120. The van der Waals surface area contributed by atoms with Crippen molar-refractivity contribution < 1.29 is 9.90 Å². The minimum absolute atomic E-state index is 0.0249. The van der Waals surface area contributed by atoms with Crippen LogP contribution in [0.15, 0.2) is 59.4 Å². The zero-order valence-electron chi connectivity index (χ0n) is 19.4. The minimum Gasteiger partial charge on any atom is -0.465 e. The molecule has 0 aliphatic carbocycles. The van der Waals surface area contributed by atoms with Gasteiger partial charge in [-0.1, -0.05) is 56.3 Å². The lowest BCUT2D eigenvalue weighted by molar-refractivity contribution is 0.0822. The van der Waals surface area contributed by atoms with Gasteiger partial charge in [-0.3, -0.25) is 4.57 Å². The molecule has 3 atom stereocenters. The average molecular weight is 451 g/mol. The predicted octanol–water partition coefficient (Wildman–Crippen LogP) is 4.61. The van der Waals surface area contributed by atoms with Crippen molar-refractivity contribution >= 4 is 17.1 Å². The van der Waals surface area contributed by atoms with Crippen LogP contribution >= 0.6 is 0 Å². The number of hydrogen-bond donors (Lipinski definition) is 3. The van der Waals surface area contributed by atoms with Crippen LogP contribution in [0.1, 0.15) is 51.1 Å². The number of fused-ring (bicyclic) bond motifs is 1. The maximum absolute atomic E-state index is 12.8. The molecule has 2 unspecified atom stereocenters. The summed E-state index contributed by atoms with van der Waals surface area (Å²) in [6, 6.07) is 18.0. The Morgan fingerprint density at radius 3 is 2.61 bits per heavy atom. The van der Waals surface area contributed by atoms with Gasteiger partial charge in [0.2, 0.25) is 0 Å². The molecule has 0 bridgehead atoms. The fourth-order valence-corrected chi connectivity index (χ4v) is 5.19. The van der Waals surface area contributed by atoms with E-state index in [1.807, 2.05) is 47.0 Å². The van der Waals surface area contributed by atoms with E-state index in [1.54, 1.807) is 4.90 Å². The molecule has 1 saturated heterocycles. The van der Waals surface area contributed by atoms with Gasteiger partial charge in [-0.25, -0.2) is 9.59 Å². The van der Waals surface area contributed by atoms with Crippen molar-refractivity contribution in [3.05, 3.63) is 70.6 Å². The number of para-hydroxylation sites is 2. The molecule has 1 fully saturated rings. The molecule has 2 aromatic carbocycles. The van der Waals surface area contributed by atoms with Crippen molar-refractivity contribution in [1.29, 1.82) is 0 Å². The summed E-state index contributed by atoms with van der Waals surface area (Å²) in [7, 11) is 0. The van der Waals surface area contributed by atoms with Crippen LogP contribution < -0.4 is 11.0 Å². The third-order valence-corrected chi connectivity index (χ3v) is 6.67. The van der Waals surface area contributed by atoms with Crippen molar-refractivity contribution in [3.63, 3.8) is 0 Å². The summed E-state index contributed by atoms with van der Waals surface area (Å²) in [4.78, 5) is 29.3. The zero-order chi connectivity index (χ0) is 23.4. The number of rotatable bonds is 8. The molecule has 7 nitrogen and oxygen atoms in total. The van der Waals surface area contributed by atoms with E-state index >= 15 is 0 Å². The summed E-state index contributed by atoms with van der Waals surface area (Å²) >= 11 is 0. The largest absolute Gasteiger partial charge is 0.465 e. The van der Waals surface area contributed by atoms with Crippen LogP contribution in [0.25, 0.3) is 11.0 Å². The molecule has 1 aliphatic heterocycles. The Balaban J connectivity index is 1.54. The number of piperidine rings is 1. The summed E-state index contributed by atoms with van der Waals surface area (Å²) in [5.74, 6) is 0.493. The molecule has 2 heterocycles. The molecule has 1 amide bonds. The smallest absolute Gasteiger partial charge is 0.407 e. The van der Waals surface area contributed by atoms with Crippen LogP contribution in [-0.4, -0.2) is 44.3 Å². The van der Waals surface area contributed by atoms with Crippen LogP contribution in [0.3, 0.4) is 0 Å². The quantitative estimate of drug-likeness (QED) is 0.468. The van der Waals surface area contributed by atoms with Gasteiger partial charge in [0.1, 0.15) is 0 Å². The van der Waals surface area contributed by atoms with Crippen molar-refractivity contribution in [2.24, 2.45) is 5.92 Å². The second-order valence-electron chi connectivity index (χ2n) is 9.55. The van der Waals surface area contributed by atoms with Gasteiger partial charge in [-0.2, -0.15) is 0 Å². The molecule has 176 valence electrons. The standard InChI is InChI=1S/C26H34N4O3/c1-18(2)14-20(27-17-19-8-4-3-5-9-19)15-22-16-21(12-13-29(22)26(32)33)30-24-11-7-6-10-23(24)28-25(30)31/h3-11,18,20-22,27H,12-17H2,1-2H3,(H,28,31)(H,32,33)/t20?,21?,22-/m0/s1. The highest BCUT2D eigenvalue weighted by molar-refractivity contribution is 5.75. The lowest BCUT2D eigenvalue weighted by Crippen LogP contribution is -2.49. The fourth-order valence-electron chi connectivity index (χ4n) is 5.19. The highest BCUT2D eigenvalue weighted by atomic mass is 16.4. The van der Waals surface area contributed by atoms with E-state index in [-0.39, 0.29) is 23.8 Å². The zero-order valence-corrected chi connectivity index (χ0v) is 19.4. The lowest BCUT2D eigenvalue weighted by Gasteiger charge is -2.40. The number of aromatic nitrogens is 2. The van der Waals surface area contributed by atoms with E-state index in [2.05, 4.69) is 36.3 Å². The Hall–Kier alpha value is -3.06. The average Bonchev–Trinajstić information content (AvgIpc) is 3.13. The van der Waals surface area contributed by atoms with Gasteiger partial charge in [0, 0.05) is 31.2 Å². The molecule has 3 N–H and O–H groups in total. The van der Waals surface area contributed by atoms with Crippen LogP contribution in [-0.2, 0) is 6.54 Å². The molecule has 0 spiro atoms. The molecule has 1 aromatic heterocycles. The third-order valence-electron chi connectivity index (χ3n) is 6.67. The van der Waals surface area contributed by atoms with E-state index in [0.29, 0.717) is 25.3 Å². The van der Waals surface area contributed by atoms with E-state index in [1.165, 1.54) is 5.56 Å². The summed E-state index contributed by atoms with van der Waals surface area (Å²) < 4.78 is 1.83. The van der Waals surface area contributed by atoms with Gasteiger partial charge < -0.3 is 20.3 Å². The van der Waals surface area contributed by atoms with E-state index < -0.39 is 6.09 Å². The second kappa shape index (κ2) is 10.3. The van der Waals surface area contributed by atoms with E-state index in [4.69, 9.17) is 0 Å². The monoisotopic (exact) mass is 450 g/mol. The van der Waals surface area contributed by atoms with Crippen LogP contribution in [0.4, 0.5) is 4.79 Å². The first-order valence-corrected chi connectivity index (χ1v) is 11.9. The van der Waals surface area contributed by atoms with Crippen LogP contribution in [0.5, 0.6) is 0 Å². The van der Waals surface area contributed by atoms with Crippen molar-refractivity contribution in [1.82, 2.24) is 19.8 Å². The van der Waals surface area contributed by atoms with Gasteiger partial charge in [0.05, 0.1) is 11.0 Å². The summed E-state index contributed by atoms with van der Waals surface area (Å²) in [5.41, 5.74) is 2.80. The normalized spacial score (nSPS) is 19.8. The second-order valence-corrected chi connectivity index (χ2v) is 9.55. The number of carboxylic acid groups (broad SMARTS) is 1. The number of H-pyrrole nitrogens is 1. The number of carbonyl (C=O) groups is 1. The van der Waals surface area contributed by atoms with Crippen molar-refractivity contribution in [2.45, 2.75) is 64.2 Å². The molecule has 0 radical (unpaired) electrons. The van der Waals surface area contributed by atoms with E-state index in [0.717, 1.165) is 30.4 Å². The number of amides is 1. The maximum atomic E-state index is 12.8. The Labute approximate surface area is 194 Å². The number of benzene rings is 2. The Kier molecular flexibility index (Phi) is 7.18. The molecule has 33 heavy (non-hydrogen) atoms. The first-order valence-electron chi connectivity index (χ1n) is 11.9. The van der Waals surface area contributed by atoms with E-state index in [9.17, 15) is 14.7 Å². The van der Waals surface area contributed by atoms with Crippen LogP contribution in [0, 0.1) is 5.92 Å². The first kappa shape index (κ1) is 23.1. The number of aromatic amines is 1. The topological polar surface area (TPSA) is 90.4 Å². The maximum Gasteiger partial charge on any atom is 0.407 e. The van der Waals surface area contributed by atoms with Gasteiger partial charge in [-0.15, -0.1) is 0 Å². The van der Waals surface area contributed by atoms with Gasteiger partial charge >= 0.3 is 11.8 Å². The number of nitrogens with one attached hydrogen (secondary N) is 2. The van der Waals surface area contributed by atoms with Gasteiger partial charge in [0.15, 0.2) is 0 Å². The summed E-state index contributed by atoms with van der Waals surface area (Å²) in [6.07, 6.45) is 2.09. The summed E-state index contributed by atoms with van der Waals surface area (Å²) in [5, 5.41) is 13.6. The number of nitrogens with zero attached hydrogens (tertiary/aromatic N) is 2. The fraction of sp³-hybridized carbons (Fsp3) is 0.462. The molecule has 0 saturated carbocycles. The molecule has 7 heteroatoms. The highest BCUT2D eigenvalue weighted by Gasteiger charge is 2.35. The Morgan fingerprint density at radius 1 is 1.15 bits per heavy atom. The predicted molar refractivity (Wildman–Crippen MR) is 130 cm³/mol. The molecule has 1 aliphatic rings. The molecular weight excluding hydrogens is 416 g/mol. The highest BCUT2D eigenvalue weighted by Crippen LogP contribution is 2.31. The number of likely N-dealkylation sites (tertiary alicyclic amines) is 1. The van der Waals surface area contributed by atoms with Crippen molar-refractivity contribution in [3.8, 4) is 0 Å².